The molecule has 0 radical (unpaired) electrons. The van der Waals surface area contributed by atoms with Gasteiger partial charge in [-0.1, -0.05) is 18.2 Å². The van der Waals surface area contributed by atoms with E-state index in [0.717, 1.165) is 30.7 Å². The van der Waals surface area contributed by atoms with E-state index < -0.39 is 0 Å². The number of methoxy groups -OCH3 is 1. The topological polar surface area (TPSA) is 41.6 Å². The standard InChI is InChI=1S/C19H24N2O2S/c1-14(21-11-3-5-17(21)18-6-4-12-24-18)19(22)20-13-15-7-9-16(23-2)10-8-15/h4,6-10,12,14,17H,3,5,11,13H2,1-2H3,(H,20,22)/t14-,17-/m1/s1. The SMILES string of the molecule is COc1ccc(CNC(=O)[C@@H](C)N2CCC[C@@H]2c2cccs2)cc1. The summed E-state index contributed by atoms with van der Waals surface area (Å²) in [4.78, 5) is 16.3. The fourth-order valence-corrected chi connectivity index (χ4v) is 4.15. The zero-order chi connectivity index (χ0) is 16.9. The number of rotatable bonds is 6. The zero-order valence-corrected chi connectivity index (χ0v) is 15.0. The van der Waals surface area contributed by atoms with Crippen molar-refractivity contribution in [2.75, 3.05) is 13.7 Å². The molecule has 4 nitrogen and oxygen atoms in total. The predicted octanol–water partition coefficient (Wildman–Crippen LogP) is 3.60. The second kappa shape index (κ2) is 7.81. The van der Waals surface area contributed by atoms with E-state index in [1.165, 1.54) is 4.88 Å². The van der Waals surface area contributed by atoms with Gasteiger partial charge < -0.3 is 10.1 Å². The fraction of sp³-hybridized carbons (Fsp3) is 0.421. The van der Waals surface area contributed by atoms with Crippen molar-refractivity contribution in [3.8, 4) is 5.75 Å². The fourth-order valence-electron chi connectivity index (χ4n) is 3.27. The van der Waals surface area contributed by atoms with Crippen LogP contribution in [0.1, 0.15) is 36.2 Å². The quantitative estimate of drug-likeness (QED) is 0.870. The van der Waals surface area contributed by atoms with Crippen LogP contribution in [-0.4, -0.2) is 30.5 Å². The summed E-state index contributed by atoms with van der Waals surface area (Å²) in [6, 6.07) is 12.3. The number of nitrogens with zero attached hydrogens (tertiary/aromatic N) is 1. The average Bonchev–Trinajstić information content (AvgIpc) is 3.30. The third-order valence-electron chi connectivity index (χ3n) is 4.67. The Morgan fingerprint density at radius 2 is 2.17 bits per heavy atom. The van der Waals surface area contributed by atoms with Crippen molar-refractivity contribution >= 4 is 17.2 Å². The number of likely N-dealkylation sites (tertiary alicyclic amines) is 1. The Balaban J connectivity index is 1.57. The van der Waals surface area contributed by atoms with Crippen molar-refractivity contribution in [2.45, 2.75) is 38.4 Å². The Morgan fingerprint density at radius 1 is 1.38 bits per heavy atom. The van der Waals surface area contributed by atoms with Crippen molar-refractivity contribution in [1.82, 2.24) is 10.2 Å². The summed E-state index contributed by atoms with van der Waals surface area (Å²) in [6.45, 7) is 3.54. The highest BCUT2D eigenvalue weighted by molar-refractivity contribution is 7.10. The number of hydrogen-bond donors (Lipinski definition) is 1. The number of benzene rings is 1. The molecule has 0 bridgehead atoms. The largest absolute Gasteiger partial charge is 0.497 e. The van der Waals surface area contributed by atoms with Crippen LogP contribution in [0.4, 0.5) is 0 Å². The maximum absolute atomic E-state index is 12.6. The molecule has 1 fully saturated rings. The second-order valence-electron chi connectivity index (χ2n) is 6.15. The minimum Gasteiger partial charge on any atom is -0.497 e. The van der Waals surface area contributed by atoms with Crippen molar-refractivity contribution < 1.29 is 9.53 Å². The van der Waals surface area contributed by atoms with Gasteiger partial charge in [-0.25, -0.2) is 0 Å². The smallest absolute Gasteiger partial charge is 0.237 e. The molecule has 2 atom stereocenters. The van der Waals surface area contributed by atoms with Gasteiger partial charge in [0.25, 0.3) is 0 Å². The molecule has 2 aromatic rings. The summed E-state index contributed by atoms with van der Waals surface area (Å²) in [7, 11) is 1.65. The molecule has 0 spiro atoms. The first-order chi connectivity index (χ1) is 11.7. The van der Waals surface area contributed by atoms with Crippen LogP contribution in [-0.2, 0) is 11.3 Å². The average molecular weight is 344 g/mol. The van der Waals surface area contributed by atoms with Crippen molar-refractivity contribution in [3.05, 3.63) is 52.2 Å². The van der Waals surface area contributed by atoms with Gasteiger partial charge in [0.05, 0.1) is 13.2 Å². The minimum atomic E-state index is -0.113. The van der Waals surface area contributed by atoms with Gasteiger partial charge in [-0.15, -0.1) is 11.3 Å². The molecule has 0 unspecified atom stereocenters. The second-order valence-corrected chi connectivity index (χ2v) is 7.13. The highest BCUT2D eigenvalue weighted by atomic mass is 32.1. The van der Waals surface area contributed by atoms with Gasteiger partial charge in [0, 0.05) is 17.5 Å². The number of thiophene rings is 1. The number of nitrogens with one attached hydrogen (secondary N) is 1. The molecular formula is C19H24N2O2S. The lowest BCUT2D eigenvalue weighted by Gasteiger charge is -2.29. The molecule has 5 heteroatoms. The van der Waals surface area contributed by atoms with E-state index >= 15 is 0 Å². The van der Waals surface area contributed by atoms with Gasteiger partial charge in [-0.2, -0.15) is 0 Å². The number of hydrogen-bond acceptors (Lipinski definition) is 4. The van der Waals surface area contributed by atoms with Crippen LogP contribution in [0.3, 0.4) is 0 Å². The summed E-state index contributed by atoms with van der Waals surface area (Å²) in [5.74, 6) is 0.920. The molecular weight excluding hydrogens is 320 g/mol. The summed E-state index contributed by atoms with van der Waals surface area (Å²) in [5, 5.41) is 5.17. The number of ether oxygens (including phenoxy) is 1. The van der Waals surface area contributed by atoms with Gasteiger partial charge in [-0.3, -0.25) is 9.69 Å². The lowest BCUT2D eigenvalue weighted by Crippen LogP contribution is -2.44. The van der Waals surface area contributed by atoms with Crippen LogP contribution in [0.15, 0.2) is 41.8 Å². The molecule has 1 aromatic heterocycles. The molecule has 1 N–H and O–H groups in total. The Kier molecular flexibility index (Phi) is 5.53. The monoisotopic (exact) mass is 344 g/mol. The summed E-state index contributed by atoms with van der Waals surface area (Å²) in [6.07, 6.45) is 2.29. The van der Waals surface area contributed by atoms with Gasteiger partial charge in [0.15, 0.2) is 0 Å². The highest BCUT2D eigenvalue weighted by Gasteiger charge is 2.33. The molecule has 24 heavy (non-hydrogen) atoms. The number of carbonyl (C=O) groups excluding carboxylic acids is 1. The molecule has 1 aliphatic heterocycles. The van der Waals surface area contributed by atoms with Gasteiger partial charge in [-0.05, 0) is 55.5 Å². The zero-order valence-electron chi connectivity index (χ0n) is 14.2. The van der Waals surface area contributed by atoms with E-state index in [0.29, 0.717) is 12.6 Å². The van der Waals surface area contributed by atoms with Gasteiger partial charge >= 0.3 is 0 Å². The summed E-state index contributed by atoms with van der Waals surface area (Å²) >= 11 is 1.78. The Bertz CT molecular complexity index is 655. The van der Waals surface area contributed by atoms with E-state index in [-0.39, 0.29) is 11.9 Å². The molecule has 0 saturated carbocycles. The van der Waals surface area contributed by atoms with Gasteiger partial charge in [0.2, 0.25) is 5.91 Å². The molecule has 1 aliphatic rings. The minimum absolute atomic E-state index is 0.0919. The van der Waals surface area contributed by atoms with E-state index in [1.54, 1.807) is 18.4 Å². The Morgan fingerprint density at radius 3 is 2.83 bits per heavy atom. The number of carbonyl (C=O) groups is 1. The molecule has 2 heterocycles. The first kappa shape index (κ1) is 17.0. The molecule has 1 saturated heterocycles. The van der Waals surface area contributed by atoms with E-state index in [9.17, 15) is 4.79 Å². The third kappa shape index (κ3) is 3.79. The first-order valence-corrected chi connectivity index (χ1v) is 9.27. The molecule has 1 aromatic carbocycles. The lowest BCUT2D eigenvalue weighted by atomic mass is 10.1. The Hall–Kier alpha value is -1.85. The third-order valence-corrected chi connectivity index (χ3v) is 5.64. The summed E-state index contributed by atoms with van der Waals surface area (Å²) < 4.78 is 5.15. The van der Waals surface area contributed by atoms with Crippen LogP contribution in [0.25, 0.3) is 0 Å². The van der Waals surface area contributed by atoms with Crippen LogP contribution < -0.4 is 10.1 Å². The lowest BCUT2D eigenvalue weighted by molar-refractivity contribution is -0.126. The van der Waals surface area contributed by atoms with Gasteiger partial charge in [0.1, 0.15) is 5.75 Å². The molecule has 1 amide bonds. The van der Waals surface area contributed by atoms with Crippen LogP contribution in [0, 0.1) is 0 Å². The van der Waals surface area contributed by atoms with Crippen molar-refractivity contribution in [3.63, 3.8) is 0 Å². The van der Waals surface area contributed by atoms with E-state index in [2.05, 4.69) is 27.7 Å². The molecule has 3 rings (SSSR count). The number of amides is 1. The Labute approximate surface area is 147 Å². The van der Waals surface area contributed by atoms with Crippen molar-refractivity contribution in [2.24, 2.45) is 0 Å². The first-order valence-electron chi connectivity index (χ1n) is 8.39. The normalized spacial score (nSPS) is 19.2. The maximum atomic E-state index is 12.6. The predicted molar refractivity (Wildman–Crippen MR) is 97.3 cm³/mol. The van der Waals surface area contributed by atoms with Crippen LogP contribution in [0.2, 0.25) is 0 Å². The summed E-state index contributed by atoms with van der Waals surface area (Å²) in [5.41, 5.74) is 1.08. The van der Waals surface area contributed by atoms with Crippen molar-refractivity contribution in [1.29, 1.82) is 0 Å². The highest BCUT2D eigenvalue weighted by Crippen LogP contribution is 2.35. The molecule has 0 aliphatic carbocycles. The van der Waals surface area contributed by atoms with E-state index in [1.807, 2.05) is 31.2 Å². The van der Waals surface area contributed by atoms with Crippen LogP contribution in [0.5, 0.6) is 5.75 Å². The van der Waals surface area contributed by atoms with E-state index in [4.69, 9.17) is 4.74 Å². The van der Waals surface area contributed by atoms with Crippen LogP contribution >= 0.6 is 11.3 Å². The molecule has 128 valence electrons. The maximum Gasteiger partial charge on any atom is 0.237 e.